The highest BCUT2D eigenvalue weighted by molar-refractivity contribution is 6.30. The molecule has 0 saturated heterocycles. The molecule has 0 saturated carbocycles. The molecule has 0 aliphatic rings. The van der Waals surface area contributed by atoms with E-state index in [1.54, 1.807) is 18.3 Å². The second kappa shape index (κ2) is 4.47. The average Bonchev–Trinajstić information content (AvgIpc) is 2.33. The molecule has 0 radical (unpaired) electrons. The van der Waals surface area contributed by atoms with E-state index in [1.165, 1.54) is 12.1 Å². The van der Waals surface area contributed by atoms with Gasteiger partial charge in [-0.25, -0.2) is 9.97 Å². The Morgan fingerprint density at radius 2 is 1.94 bits per heavy atom. The average molecular weight is 250 g/mol. The molecule has 2 aromatic rings. The summed E-state index contributed by atoms with van der Waals surface area (Å²) < 4.78 is 0. The lowest BCUT2D eigenvalue weighted by Crippen LogP contribution is -1.92. The molecular weight excluding hydrogens is 242 g/mol. The molecule has 5 nitrogen and oxygen atoms in total. The lowest BCUT2D eigenvalue weighted by molar-refractivity contribution is -0.384. The van der Waals surface area contributed by atoms with E-state index in [4.69, 9.17) is 11.6 Å². The number of halogens is 1. The molecule has 1 heterocycles. The Morgan fingerprint density at radius 1 is 1.29 bits per heavy atom. The fourth-order valence-electron chi connectivity index (χ4n) is 1.29. The third kappa shape index (κ3) is 2.39. The molecule has 1 aromatic carbocycles. The first-order valence-electron chi connectivity index (χ1n) is 4.82. The Hall–Kier alpha value is -2.01. The standard InChI is InChI=1S/C11H8ClN3O2/c1-7-6-13-11(14-10(7)12)8-2-4-9(5-3-8)15(16)17/h2-6H,1H3. The van der Waals surface area contributed by atoms with Gasteiger partial charge in [0.05, 0.1) is 4.92 Å². The molecule has 0 N–H and O–H groups in total. The highest BCUT2D eigenvalue weighted by Gasteiger charge is 2.08. The Balaban J connectivity index is 2.39. The minimum Gasteiger partial charge on any atom is -0.258 e. The fraction of sp³-hybridized carbons (Fsp3) is 0.0909. The third-order valence-electron chi connectivity index (χ3n) is 2.25. The van der Waals surface area contributed by atoms with Gasteiger partial charge in [-0.3, -0.25) is 10.1 Å². The number of nitrogens with zero attached hydrogens (tertiary/aromatic N) is 3. The number of hydrogen-bond acceptors (Lipinski definition) is 4. The first kappa shape index (κ1) is 11.5. The van der Waals surface area contributed by atoms with Crippen LogP contribution in [0, 0.1) is 17.0 Å². The van der Waals surface area contributed by atoms with Crippen LogP contribution in [0.3, 0.4) is 0 Å². The summed E-state index contributed by atoms with van der Waals surface area (Å²) in [6, 6.07) is 6.01. The Kier molecular flexibility index (Phi) is 3.01. The summed E-state index contributed by atoms with van der Waals surface area (Å²) in [5.74, 6) is 0.454. The van der Waals surface area contributed by atoms with E-state index in [9.17, 15) is 10.1 Å². The predicted molar refractivity (Wildman–Crippen MR) is 63.9 cm³/mol. The van der Waals surface area contributed by atoms with Gasteiger partial charge in [0.1, 0.15) is 5.15 Å². The van der Waals surface area contributed by atoms with Gasteiger partial charge < -0.3 is 0 Å². The van der Waals surface area contributed by atoms with Crippen LogP contribution >= 0.6 is 11.6 Å². The maximum Gasteiger partial charge on any atom is 0.269 e. The number of aryl methyl sites for hydroxylation is 1. The molecule has 0 aliphatic carbocycles. The summed E-state index contributed by atoms with van der Waals surface area (Å²) >= 11 is 5.89. The third-order valence-corrected chi connectivity index (χ3v) is 2.63. The van der Waals surface area contributed by atoms with E-state index in [-0.39, 0.29) is 5.69 Å². The van der Waals surface area contributed by atoms with Crippen LogP contribution in [0.2, 0.25) is 5.15 Å². The van der Waals surface area contributed by atoms with E-state index in [1.807, 2.05) is 6.92 Å². The highest BCUT2D eigenvalue weighted by atomic mass is 35.5. The van der Waals surface area contributed by atoms with Crippen molar-refractivity contribution >= 4 is 17.3 Å². The summed E-state index contributed by atoms with van der Waals surface area (Å²) in [6.07, 6.45) is 1.62. The van der Waals surface area contributed by atoms with Crippen LogP contribution in [-0.2, 0) is 0 Å². The molecule has 0 amide bonds. The largest absolute Gasteiger partial charge is 0.269 e. The van der Waals surface area contributed by atoms with Gasteiger partial charge in [0.15, 0.2) is 5.82 Å². The highest BCUT2D eigenvalue weighted by Crippen LogP contribution is 2.21. The summed E-state index contributed by atoms with van der Waals surface area (Å²) in [5, 5.41) is 10.9. The van der Waals surface area contributed by atoms with Gasteiger partial charge in [-0.1, -0.05) is 11.6 Å². The Labute approximate surface area is 102 Å². The molecular formula is C11H8ClN3O2. The van der Waals surface area contributed by atoms with E-state index in [0.717, 1.165) is 5.56 Å². The van der Waals surface area contributed by atoms with Crippen molar-refractivity contribution in [2.75, 3.05) is 0 Å². The van der Waals surface area contributed by atoms with Gasteiger partial charge in [-0.05, 0) is 19.1 Å². The van der Waals surface area contributed by atoms with Gasteiger partial charge in [-0.15, -0.1) is 0 Å². The topological polar surface area (TPSA) is 68.9 Å². The summed E-state index contributed by atoms with van der Waals surface area (Å²) in [5.41, 5.74) is 1.52. The van der Waals surface area contributed by atoms with Crippen LogP contribution in [0.1, 0.15) is 5.56 Å². The molecule has 0 bridgehead atoms. The van der Waals surface area contributed by atoms with Crippen LogP contribution in [0.25, 0.3) is 11.4 Å². The first-order chi connectivity index (χ1) is 8.08. The zero-order valence-corrected chi connectivity index (χ0v) is 9.68. The SMILES string of the molecule is Cc1cnc(-c2ccc([N+](=O)[O-])cc2)nc1Cl. The normalized spacial score (nSPS) is 10.2. The van der Waals surface area contributed by atoms with E-state index in [0.29, 0.717) is 16.5 Å². The molecule has 6 heteroatoms. The summed E-state index contributed by atoms with van der Waals surface area (Å²) in [4.78, 5) is 18.3. The summed E-state index contributed by atoms with van der Waals surface area (Å²) in [7, 11) is 0. The van der Waals surface area contributed by atoms with Crippen molar-refractivity contribution in [1.82, 2.24) is 9.97 Å². The molecule has 17 heavy (non-hydrogen) atoms. The van der Waals surface area contributed by atoms with E-state index < -0.39 is 4.92 Å². The maximum absolute atomic E-state index is 10.5. The van der Waals surface area contributed by atoms with Gasteiger partial charge in [-0.2, -0.15) is 0 Å². The second-order valence-electron chi connectivity index (χ2n) is 3.47. The van der Waals surface area contributed by atoms with Crippen molar-refractivity contribution in [2.45, 2.75) is 6.92 Å². The summed E-state index contributed by atoms with van der Waals surface area (Å²) in [6.45, 7) is 1.81. The predicted octanol–water partition coefficient (Wildman–Crippen LogP) is 3.01. The van der Waals surface area contributed by atoms with Crippen molar-refractivity contribution < 1.29 is 4.92 Å². The van der Waals surface area contributed by atoms with E-state index >= 15 is 0 Å². The monoisotopic (exact) mass is 249 g/mol. The molecule has 0 fully saturated rings. The number of rotatable bonds is 2. The first-order valence-corrected chi connectivity index (χ1v) is 5.19. The van der Waals surface area contributed by atoms with Crippen LogP contribution < -0.4 is 0 Å². The van der Waals surface area contributed by atoms with E-state index in [2.05, 4.69) is 9.97 Å². The number of hydrogen-bond donors (Lipinski definition) is 0. The van der Waals surface area contributed by atoms with Crippen molar-refractivity contribution in [1.29, 1.82) is 0 Å². The molecule has 0 aliphatic heterocycles. The minimum absolute atomic E-state index is 0.0342. The van der Waals surface area contributed by atoms with Crippen molar-refractivity contribution in [3.63, 3.8) is 0 Å². The van der Waals surface area contributed by atoms with Crippen molar-refractivity contribution in [3.05, 3.63) is 51.3 Å². The lowest BCUT2D eigenvalue weighted by Gasteiger charge is -2.01. The number of nitro benzene ring substituents is 1. The molecule has 0 atom stereocenters. The zero-order valence-electron chi connectivity index (χ0n) is 8.92. The number of non-ortho nitro benzene ring substituents is 1. The van der Waals surface area contributed by atoms with Crippen LogP contribution in [0.15, 0.2) is 30.5 Å². The molecule has 0 unspecified atom stereocenters. The van der Waals surface area contributed by atoms with Gasteiger partial charge in [0.2, 0.25) is 0 Å². The Bertz CT molecular complexity index is 569. The number of aromatic nitrogens is 2. The van der Waals surface area contributed by atoms with Gasteiger partial charge in [0, 0.05) is 29.5 Å². The number of benzene rings is 1. The van der Waals surface area contributed by atoms with Crippen LogP contribution in [0.4, 0.5) is 5.69 Å². The minimum atomic E-state index is -0.452. The van der Waals surface area contributed by atoms with Crippen molar-refractivity contribution in [2.24, 2.45) is 0 Å². The smallest absolute Gasteiger partial charge is 0.258 e. The molecule has 86 valence electrons. The van der Waals surface area contributed by atoms with Crippen LogP contribution in [0.5, 0.6) is 0 Å². The quantitative estimate of drug-likeness (QED) is 0.466. The number of nitro groups is 1. The lowest BCUT2D eigenvalue weighted by atomic mass is 10.2. The Morgan fingerprint density at radius 3 is 2.47 bits per heavy atom. The molecule has 1 aromatic heterocycles. The van der Waals surface area contributed by atoms with Gasteiger partial charge in [0.25, 0.3) is 5.69 Å². The van der Waals surface area contributed by atoms with Gasteiger partial charge >= 0.3 is 0 Å². The second-order valence-corrected chi connectivity index (χ2v) is 3.83. The van der Waals surface area contributed by atoms with Crippen LogP contribution in [-0.4, -0.2) is 14.9 Å². The maximum atomic E-state index is 10.5. The zero-order chi connectivity index (χ0) is 12.4. The molecule has 0 spiro atoms. The van der Waals surface area contributed by atoms with Crippen molar-refractivity contribution in [3.8, 4) is 11.4 Å². The molecule has 2 rings (SSSR count). The fourth-order valence-corrected chi connectivity index (χ4v) is 1.42.